The molecule has 0 aliphatic heterocycles. The second-order valence-electron chi connectivity index (χ2n) is 7.12. The van der Waals surface area contributed by atoms with Gasteiger partial charge in [0.25, 0.3) is 0 Å². The Bertz CT molecular complexity index is 946. The number of carboxylic acids is 1. The van der Waals surface area contributed by atoms with Gasteiger partial charge in [-0.1, -0.05) is 12.1 Å². The Morgan fingerprint density at radius 1 is 1.00 bits per heavy atom. The molecule has 4 nitrogen and oxygen atoms in total. The first kappa shape index (κ1) is 26.2. The molecule has 2 rings (SSSR count). The van der Waals surface area contributed by atoms with Crippen molar-refractivity contribution < 1.29 is 45.7 Å². The van der Waals surface area contributed by atoms with Crippen molar-refractivity contribution in [2.45, 2.75) is 38.7 Å². The summed E-state index contributed by atoms with van der Waals surface area (Å²) in [6.07, 6.45) is -9.30. The van der Waals surface area contributed by atoms with Crippen molar-refractivity contribution in [3.63, 3.8) is 0 Å². The van der Waals surface area contributed by atoms with Crippen LogP contribution in [0, 0.1) is 0 Å². The van der Waals surface area contributed by atoms with Gasteiger partial charge >= 0.3 is 18.3 Å². The maximum Gasteiger partial charge on any atom is 0.416 e. The zero-order valence-corrected chi connectivity index (χ0v) is 17.8. The third-order valence-electron chi connectivity index (χ3n) is 4.67. The summed E-state index contributed by atoms with van der Waals surface area (Å²) in [5.74, 6) is -0.688. The number of alkyl halides is 6. The van der Waals surface area contributed by atoms with Gasteiger partial charge in [-0.2, -0.15) is 26.3 Å². The first-order valence-electron chi connectivity index (χ1n) is 9.84. The van der Waals surface area contributed by atoms with E-state index in [1.54, 1.807) is 31.2 Å². The lowest BCUT2D eigenvalue weighted by Gasteiger charge is -2.15. The molecule has 0 aliphatic carbocycles. The number of ether oxygens (including phenoxy) is 2. The molecular weight excluding hydrogens is 454 g/mol. The molecule has 2 aromatic rings. The van der Waals surface area contributed by atoms with E-state index < -0.39 is 35.6 Å². The largest absolute Gasteiger partial charge is 0.490 e. The van der Waals surface area contributed by atoms with E-state index >= 15 is 0 Å². The molecular formula is C23H22F6O4. The number of hydrogen-bond acceptors (Lipinski definition) is 3. The van der Waals surface area contributed by atoms with E-state index in [9.17, 15) is 31.1 Å². The van der Waals surface area contributed by atoms with Gasteiger partial charge in [-0.05, 0) is 67.0 Å². The van der Waals surface area contributed by atoms with Crippen LogP contribution in [0.15, 0.2) is 48.5 Å². The van der Waals surface area contributed by atoms with Crippen LogP contribution in [0.1, 0.15) is 36.1 Å². The third kappa shape index (κ3) is 7.81. The van der Waals surface area contributed by atoms with Crippen molar-refractivity contribution in [2.24, 2.45) is 0 Å². The Hall–Kier alpha value is -3.01. The first-order valence-corrected chi connectivity index (χ1v) is 9.84. The number of carboxylic acid groups (broad SMARTS) is 1. The molecule has 33 heavy (non-hydrogen) atoms. The van der Waals surface area contributed by atoms with Crippen molar-refractivity contribution in [3.05, 3.63) is 70.8 Å². The van der Waals surface area contributed by atoms with Gasteiger partial charge in [0.05, 0.1) is 11.1 Å². The predicted octanol–water partition coefficient (Wildman–Crippen LogP) is 6.24. The van der Waals surface area contributed by atoms with Crippen molar-refractivity contribution >= 4 is 11.5 Å². The molecule has 2 aromatic carbocycles. The van der Waals surface area contributed by atoms with Crippen molar-refractivity contribution in [1.82, 2.24) is 0 Å². The van der Waals surface area contributed by atoms with E-state index in [1.807, 2.05) is 0 Å². The average Bonchev–Trinajstić information content (AvgIpc) is 2.73. The summed E-state index contributed by atoms with van der Waals surface area (Å²) in [4.78, 5) is 11.2. The molecule has 0 amide bonds. The van der Waals surface area contributed by atoms with Gasteiger partial charge in [-0.25, -0.2) is 4.79 Å². The summed E-state index contributed by atoms with van der Waals surface area (Å²) in [7, 11) is 0. The van der Waals surface area contributed by atoms with Gasteiger partial charge in [0.1, 0.15) is 12.4 Å². The van der Waals surface area contributed by atoms with E-state index in [0.29, 0.717) is 23.4 Å². The third-order valence-corrected chi connectivity index (χ3v) is 4.67. The Labute approximate surface area is 186 Å². The summed E-state index contributed by atoms with van der Waals surface area (Å²) >= 11 is 0. The van der Waals surface area contributed by atoms with E-state index in [0.717, 1.165) is 0 Å². The number of rotatable bonds is 9. The van der Waals surface area contributed by atoms with E-state index in [4.69, 9.17) is 14.6 Å². The van der Waals surface area contributed by atoms with Crippen LogP contribution in [0.3, 0.4) is 0 Å². The van der Waals surface area contributed by atoms with E-state index in [-0.39, 0.29) is 36.8 Å². The van der Waals surface area contributed by atoms with Gasteiger partial charge in [-0.3, -0.25) is 0 Å². The molecule has 0 aliphatic rings. The molecule has 0 unspecified atom stereocenters. The minimum atomic E-state index is -4.92. The fourth-order valence-electron chi connectivity index (χ4n) is 2.92. The monoisotopic (exact) mass is 476 g/mol. The quantitative estimate of drug-likeness (QED) is 0.436. The Balaban J connectivity index is 2.10. The smallest absolute Gasteiger partial charge is 0.416 e. The van der Waals surface area contributed by atoms with Crippen LogP contribution in [0.25, 0.3) is 5.57 Å². The highest BCUT2D eigenvalue weighted by molar-refractivity contribution is 5.72. The van der Waals surface area contributed by atoms with Crippen LogP contribution in [0.4, 0.5) is 26.3 Å². The minimum Gasteiger partial charge on any atom is -0.490 e. The normalized spacial score (nSPS) is 13.6. The summed E-state index contributed by atoms with van der Waals surface area (Å²) in [6.45, 7) is 3.23. The molecule has 0 fully saturated rings. The first-order chi connectivity index (χ1) is 15.3. The Kier molecular flexibility index (Phi) is 8.54. The Morgan fingerprint density at radius 2 is 1.55 bits per heavy atom. The predicted molar refractivity (Wildman–Crippen MR) is 109 cm³/mol. The average molecular weight is 476 g/mol. The summed E-state index contributed by atoms with van der Waals surface area (Å²) in [6, 6.07) is 7.84. The number of benzene rings is 2. The van der Waals surface area contributed by atoms with E-state index in [1.165, 1.54) is 13.0 Å². The number of aliphatic carboxylic acids is 1. The molecule has 180 valence electrons. The van der Waals surface area contributed by atoms with Gasteiger partial charge in [0, 0.05) is 13.0 Å². The molecule has 0 saturated heterocycles. The minimum absolute atomic E-state index is 0.0787. The summed E-state index contributed by atoms with van der Waals surface area (Å²) in [5, 5.41) is 9.12. The molecule has 10 heteroatoms. The van der Waals surface area contributed by atoms with Gasteiger partial charge in [0.2, 0.25) is 0 Å². The number of carbonyl (C=O) groups is 1. The fraction of sp³-hybridized carbons (Fsp3) is 0.348. The number of halogens is 6. The highest BCUT2D eigenvalue weighted by atomic mass is 19.4. The Morgan fingerprint density at radius 3 is 2.00 bits per heavy atom. The molecule has 1 N–H and O–H groups in total. The molecule has 0 bridgehead atoms. The van der Waals surface area contributed by atoms with Crippen LogP contribution >= 0.6 is 0 Å². The summed E-state index contributed by atoms with van der Waals surface area (Å²) < 4.78 is 88.7. The highest BCUT2D eigenvalue weighted by Crippen LogP contribution is 2.37. The molecule has 0 heterocycles. The highest BCUT2D eigenvalue weighted by Gasteiger charge is 2.37. The van der Waals surface area contributed by atoms with Crippen LogP contribution in [-0.4, -0.2) is 30.4 Å². The fourth-order valence-corrected chi connectivity index (χ4v) is 2.92. The second-order valence-corrected chi connectivity index (χ2v) is 7.12. The molecule has 0 radical (unpaired) electrons. The van der Waals surface area contributed by atoms with Gasteiger partial charge < -0.3 is 14.6 Å². The lowest BCUT2D eigenvalue weighted by Crippen LogP contribution is -2.26. The van der Waals surface area contributed by atoms with Crippen molar-refractivity contribution in [1.29, 1.82) is 0 Å². The van der Waals surface area contributed by atoms with Crippen LogP contribution in [0.5, 0.6) is 5.75 Å². The maximum atomic E-state index is 13.0. The lowest BCUT2D eigenvalue weighted by molar-refractivity contribution is -0.150. The summed E-state index contributed by atoms with van der Waals surface area (Å²) in [5.41, 5.74) is -2.11. The molecule has 0 spiro atoms. The zero-order valence-electron chi connectivity index (χ0n) is 17.8. The van der Waals surface area contributed by atoms with Crippen LogP contribution in [0.2, 0.25) is 0 Å². The standard InChI is InChI=1S/C23H22F6O4/c1-3-32-20(21(30)31)10-15-4-6-19(7-5-15)33-9-8-14(2)16-11-17(22(24,25)26)13-18(12-16)23(27,28)29/h4-8,11-13,20H,3,9-10H2,1-2H3,(H,30,31)/b14-8-/t20-/m0/s1. The maximum absolute atomic E-state index is 13.0. The topological polar surface area (TPSA) is 55.8 Å². The number of hydrogen-bond donors (Lipinski definition) is 1. The zero-order chi connectivity index (χ0) is 24.8. The van der Waals surface area contributed by atoms with Crippen molar-refractivity contribution in [2.75, 3.05) is 13.2 Å². The molecule has 0 saturated carbocycles. The van der Waals surface area contributed by atoms with Gasteiger partial charge in [0.15, 0.2) is 6.10 Å². The van der Waals surface area contributed by atoms with Gasteiger partial charge in [-0.15, -0.1) is 0 Å². The van der Waals surface area contributed by atoms with Crippen LogP contribution < -0.4 is 4.74 Å². The SMILES string of the molecule is CCO[C@@H](Cc1ccc(OC/C=C(/C)c2cc(C(F)(F)F)cc(C(F)(F)F)c2)cc1)C(=O)O. The lowest BCUT2D eigenvalue weighted by atomic mass is 10.00. The molecule has 1 atom stereocenters. The van der Waals surface area contributed by atoms with Crippen molar-refractivity contribution in [3.8, 4) is 5.75 Å². The van der Waals surface area contributed by atoms with Crippen LogP contribution in [-0.2, 0) is 28.3 Å². The molecule has 0 aromatic heterocycles. The number of allylic oxidation sites excluding steroid dienone is 1. The van der Waals surface area contributed by atoms with E-state index in [2.05, 4.69) is 0 Å². The second kappa shape index (κ2) is 10.7.